The highest BCUT2D eigenvalue weighted by molar-refractivity contribution is 5.56. The number of para-hydroxylation sites is 1. The average molecular weight is 210 g/mol. The Morgan fingerprint density at radius 1 is 1.47 bits per heavy atom. The first-order chi connectivity index (χ1) is 7.20. The second-order valence-electron chi connectivity index (χ2n) is 2.38. The van der Waals surface area contributed by atoms with E-state index in [1.807, 2.05) is 30.3 Å². The van der Waals surface area contributed by atoms with E-state index in [9.17, 15) is 4.79 Å². The van der Waals surface area contributed by atoms with E-state index in [4.69, 9.17) is 9.84 Å². The smallest absolute Gasteiger partial charge is 0.497 e. The van der Waals surface area contributed by atoms with E-state index in [0.717, 1.165) is 5.75 Å². The molecule has 4 nitrogen and oxygen atoms in total. The molecule has 1 aromatic carbocycles. The van der Waals surface area contributed by atoms with Crippen LogP contribution in [0.2, 0.25) is 0 Å². The molecule has 0 fully saturated rings. The zero-order valence-corrected chi connectivity index (χ0v) is 8.55. The molecule has 0 saturated carbocycles. The summed E-state index contributed by atoms with van der Waals surface area (Å²) in [5.74, 6) is 0.910. The molecule has 0 unspecified atom stereocenters. The lowest BCUT2D eigenvalue weighted by atomic mass is 10.3. The number of carbonyl (C=O) groups is 1. The predicted octanol–water partition coefficient (Wildman–Crippen LogP) is 2.56. The first-order valence-corrected chi connectivity index (χ1v) is 4.26. The van der Waals surface area contributed by atoms with Crippen LogP contribution in [0.25, 0.3) is 0 Å². The van der Waals surface area contributed by atoms with E-state index >= 15 is 0 Å². The molecule has 0 bridgehead atoms. The lowest BCUT2D eigenvalue weighted by Gasteiger charge is -1.93. The van der Waals surface area contributed by atoms with Gasteiger partial charge < -0.3 is 14.6 Å². The summed E-state index contributed by atoms with van der Waals surface area (Å²) in [6.45, 7) is 3.31. The van der Waals surface area contributed by atoms with Gasteiger partial charge in [-0.15, -0.1) is 0 Å². The molecule has 15 heavy (non-hydrogen) atoms. The molecule has 0 radical (unpaired) electrons. The third-order valence-corrected chi connectivity index (χ3v) is 1.30. The number of rotatable bonds is 3. The molecule has 1 N–H and O–H groups in total. The monoisotopic (exact) mass is 210 g/mol. The molecule has 0 aliphatic carbocycles. The van der Waals surface area contributed by atoms with Gasteiger partial charge in [-0.1, -0.05) is 30.9 Å². The SMILES string of the molecule is C=CCOC(=O)O.COc1ccccc1. The fourth-order valence-electron chi connectivity index (χ4n) is 0.687. The Kier molecular flexibility index (Phi) is 7.49. The Labute approximate surface area is 88.8 Å². The molecule has 4 heteroatoms. The van der Waals surface area contributed by atoms with Crippen molar-refractivity contribution in [1.82, 2.24) is 0 Å². The molecule has 0 aromatic heterocycles. The van der Waals surface area contributed by atoms with E-state index in [1.54, 1.807) is 7.11 Å². The number of benzene rings is 1. The zero-order chi connectivity index (χ0) is 11.5. The van der Waals surface area contributed by atoms with Crippen LogP contribution >= 0.6 is 0 Å². The van der Waals surface area contributed by atoms with Crippen LogP contribution in [0.15, 0.2) is 43.0 Å². The first-order valence-electron chi connectivity index (χ1n) is 4.26. The second-order valence-corrected chi connectivity index (χ2v) is 2.38. The van der Waals surface area contributed by atoms with Gasteiger partial charge in [0.25, 0.3) is 0 Å². The Morgan fingerprint density at radius 3 is 2.33 bits per heavy atom. The molecule has 0 atom stereocenters. The van der Waals surface area contributed by atoms with Gasteiger partial charge in [0, 0.05) is 0 Å². The first kappa shape index (κ1) is 13.0. The Bertz CT molecular complexity index is 282. The third-order valence-electron chi connectivity index (χ3n) is 1.30. The second kappa shape index (κ2) is 8.62. The average Bonchev–Trinajstić information content (AvgIpc) is 2.28. The number of carboxylic acid groups (broad SMARTS) is 1. The summed E-state index contributed by atoms with van der Waals surface area (Å²) in [5.41, 5.74) is 0. The van der Waals surface area contributed by atoms with Crippen molar-refractivity contribution < 1.29 is 19.4 Å². The van der Waals surface area contributed by atoms with Crippen LogP contribution in [0.3, 0.4) is 0 Å². The van der Waals surface area contributed by atoms with E-state index in [-0.39, 0.29) is 6.61 Å². The summed E-state index contributed by atoms with van der Waals surface area (Å²) in [6.07, 6.45) is 0.105. The highest BCUT2D eigenvalue weighted by Gasteiger charge is 1.87. The standard InChI is InChI=1S/C7H8O.C4H6O3/c1-8-7-5-3-2-4-6-7;1-2-3-7-4(5)6/h2-6H,1H3;2H,1,3H2,(H,5,6). The summed E-state index contributed by atoms with van der Waals surface area (Å²) < 4.78 is 8.90. The molecule has 0 aliphatic rings. The Morgan fingerprint density at radius 2 is 2.07 bits per heavy atom. The third kappa shape index (κ3) is 8.36. The van der Waals surface area contributed by atoms with E-state index in [1.165, 1.54) is 6.08 Å². The Balaban J connectivity index is 0.000000265. The molecule has 1 aromatic rings. The maximum absolute atomic E-state index is 9.49. The van der Waals surface area contributed by atoms with E-state index in [0.29, 0.717) is 0 Å². The normalized spacial score (nSPS) is 8.07. The van der Waals surface area contributed by atoms with Crippen molar-refractivity contribution in [2.45, 2.75) is 0 Å². The molecule has 0 amide bonds. The van der Waals surface area contributed by atoms with Crippen LogP contribution in [0.1, 0.15) is 0 Å². The van der Waals surface area contributed by atoms with Crippen LogP contribution in [-0.4, -0.2) is 25.0 Å². The summed E-state index contributed by atoms with van der Waals surface area (Å²) in [7, 11) is 1.66. The van der Waals surface area contributed by atoms with E-state index in [2.05, 4.69) is 11.3 Å². The van der Waals surface area contributed by atoms with Gasteiger partial charge in [-0.2, -0.15) is 0 Å². The minimum atomic E-state index is -1.26. The molecule has 0 heterocycles. The van der Waals surface area contributed by atoms with Gasteiger partial charge in [0.05, 0.1) is 7.11 Å². The van der Waals surface area contributed by atoms with Crippen molar-refractivity contribution in [3.05, 3.63) is 43.0 Å². The minimum Gasteiger partial charge on any atom is -0.497 e. The lowest BCUT2D eigenvalue weighted by Crippen LogP contribution is -1.98. The van der Waals surface area contributed by atoms with Crippen LogP contribution in [-0.2, 0) is 4.74 Å². The van der Waals surface area contributed by atoms with Gasteiger partial charge in [-0.05, 0) is 12.1 Å². The Hall–Kier alpha value is -1.97. The molecular weight excluding hydrogens is 196 g/mol. The highest BCUT2D eigenvalue weighted by Crippen LogP contribution is 2.05. The van der Waals surface area contributed by atoms with Gasteiger partial charge >= 0.3 is 6.16 Å². The summed E-state index contributed by atoms with van der Waals surface area (Å²) in [6, 6.07) is 9.68. The molecule has 1 rings (SSSR count). The fraction of sp³-hybridized carbons (Fsp3) is 0.182. The highest BCUT2D eigenvalue weighted by atomic mass is 16.7. The lowest BCUT2D eigenvalue weighted by molar-refractivity contribution is 0.102. The molecule has 82 valence electrons. The maximum Gasteiger partial charge on any atom is 0.506 e. The molecular formula is C11H14O4. The van der Waals surface area contributed by atoms with Crippen molar-refractivity contribution in [2.75, 3.05) is 13.7 Å². The van der Waals surface area contributed by atoms with Crippen molar-refractivity contribution in [3.8, 4) is 5.75 Å². The maximum atomic E-state index is 9.49. The van der Waals surface area contributed by atoms with Gasteiger partial charge in [-0.25, -0.2) is 4.79 Å². The number of ether oxygens (including phenoxy) is 2. The van der Waals surface area contributed by atoms with Gasteiger partial charge in [0.1, 0.15) is 12.4 Å². The summed E-state index contributed by atoms with van der Waals surface area (Å²) >= 11 is 0. The predicted molar refractivity (Wildman–Crippen MR) is 57.2 cm³/mol. The number of hydrogen-bond donors (Lipinski definition) is 1. The minimum absolute atomic E-state index is 0.0648. The largest absolute Gasteiger partial charge is 0.506 e. The van der Waals surface area contributed by atoms with E-state index < -0.39 is 6.16 Å². The van der Waals surface area contributed by atoms with Crippen molar-refractivity contribution in [3.63, 3.8) is 0 Å². The fourth-order valence-corrected chi connectivity index (χ4v) is 0.687. The topological polar surface area (TPSA) is 55.8 Å². The van der Waals surface area contributed by atoms with Crippen LogP contribution in [0.5, 0.6) is 5.75 Å². The summed E-state index contributed by atoms with van der Waals surface area (Å²) in [5, 5.41) is 7.77. The summed E-state index contributed by atoms with van der Waals surface area (Å²) in [4.78, 5) is 9.49. The van der Waals surface area contributed by atoms with Gasteiger partial charge in [0.15, 0.2) is 0 Å². The number of methoxy groups -OCH3 is 1. The molecule has 0 aliphatic heterocycles. The zero-order valence-electron chi connectivity index (χ0n) is 8.55. The molecule has 0 spiro atoms. The van der Waals surface area contributed by atoms with Gasteiger partial charge in [-0.3, -0.25) is 0 Å². The van der Waals surface area contributed by atoms with Crippen molar-refractivity contribution in [2.24, 2.45) is 0 Å². The quantitative estimate of drug-likeness (QED) is 0.615. The molecule has 0 saturated heterocycles. The number of hydrogen-bond acceptors (Lipinski definition) is 3. The van der Waals surface area contributed by atoms with Crippen LogP contribution in [0, 0.1) is 0 Å². The van der Waals surface area contributed by atoms with Crippen molar-refractivity contribution in [1.29, 1.82) is 0 Å². The van der Waals surface area contributed by atoms with Crippen LogP contribution < -0.4 is 4.74 Å². The van der Waals surface area contributed by atoms with Crippen molar-refractivity contribution >= 4 is 6.16 Å². The van der Waals surface area contributed by atoms with Gasteiger partial charge in [0.2, 0.25) is 0 Å². The van der Waals surface area contributed by atoms with Crippen LogP contribution in [0.4, 0.5) is 4.79 Å².